The molecular formula is C11H7F3N3O2. The van der Waals surface area contributed by atoms with E-state index < -0.39 is 28.0 Å². The average Bonchev–Trinajstić information content (AvgIpc) is 2.70. The van der Waals surface area contributed by atoms with Crippen LogP contribution >= 0.6 is 0 Å². The number of rotatable bonds is 2. The molecule has 8 heteroatoms. The van der Waals surface area contributed by atoms with Gasteiger partial charge in [0.1, 0.15) is 6.20 Å². The molecule has 19 heavy (non-hydrogen) atoms. The normalized spacial score (nSPS) is 11.6. The van der Waals surface area contributed by atoms with Crippen LogP contribution in [-0.4, -0.2) is 14.7 Å². The molecular weight excluding hydrogens is 263 g/mol. The van der Waals surface area contributed by atoms with E-state index in [2.05, 4.69) is 11.3 Å². The molecule has 0 spiro atoms. The molecule has 2 aromatic rings. The predicted molar refractivity (Wildman–Crippen MR) is 59.1 cm³/mol. The van der Waals surface area contributed by atoms with E-state index in [9.17, 15) is 23.3 Å². The Labute approximate surface area is 105 Å². The number of hydrogen-bond donors (Lipinski definition) is 0. The minimum absolute atomic E-state index is 0.159. The molecule has 0 bridgehead atoms. The maximum Gasteiger partial charge on any atom is 0.433 e. The summed E-state index contributed by atoms with van der Waals surface area (Å²) in [7, 11) is 1.11. The number of nitro groups is 1. The number of aryl methyl sites for hydroxylation is 1. The lowest BCUT2D eigenvalue weighted by molar-refractivity contribution is -0.384. The molecule has 0 N–H and O–H groups in total. The van der Waals surface area contributed by atoms with Crippen molar-refractivity contribution in [3.63, 3.8) is 0 Å². The van der Waals surface area contributed by atoms with E-state index in [-0.39, 0.29) is 5.56 Å². The van der Waals surface area contributed by atoms with Crippen molar-refractivity contribution in [2.24, 2.45) is 7.05 Å². The summed E-state index contributed by atoms with van der Waals surface area (Å²) in [6.07, 6.45) is -2.49. The van der Waals surface area contributed by atoms with Crippen molar-refractivity contribution in [3.8, 4) is 11.1 Å². The van der Waals surface area contributed by atoms with Crippen LogP contribution in [-0.2, 0) is 13.2 Å². The van der Waals surface area contributed by atoms with Crippen molar-refractivity contribution in [1.29, 1.82) is 0 Å². The van der Waals surface area contributed by atoms with E-state index in [1.807, 2.05) is 0 Å². The molecule has 0 aliphatic rings. The van der Waals surface area contributed by atoms with Gasteiger partial charge >= 0.3 is 6.18 Å². The molecule has 0 saturated heterocycles. The van der Waals surface area contributed by atoms with Gasteiger partial charge in [0.2, 0.25) is 0 Å². The van der Waals surface area contributed by atoms with Crippen LogP contribution in [0.1, 0.15) is 5.69 Å². The molecule has 2 rings (SSSR count). The summed E-state index contributed by atoms with van der Waals surface area (Å²) in [5.74, 6) is 0. The molecule has 99 valence electrons. The van der Waals surface area contributed by atoms with E-state index >= 15 is 0 Å². The van der Waals surface area contributed by atoms with Gasteiger partial charge in [0, 0.05) is 18.7 Å². The second-order valence-electron chi connectivity index (χ2n) is 3.73. The number of para-hydroxylation sites is 1. The first-order chi connectivity index (χ1) is 8.82. The molecule has 0 aliphatic carbocycles. The number of nitro benzene ring substituents is 1. The van der Waals surface area contributed by atoms with Gasteiger partial charge in [0.15, 0.2) is 5.69 Å². The third-order valence-corrected chi connectivity index (χ3v) is 2.51. The highest BCUT2D eigenvalue weighted by Gasteiger charge is 2.39. The van der Waals surface area contributed by atoms with Crippen LogP contribution in [0.2, 0.25) is 0 Å². The molecule has 0 unspecified atom stereocenters. The number of alkyl halides is 3. The Balaban J connectivity index is 2.71. The zero-order valence-electron chi connectivity index (χ0n) is 9.60. The summed E-state index contributed by atoms with van der Waals surface area (Å²) in [5.41, 5.74) is -2.07. The molecule has 0 fully saturated rings. The quantitative estimate of drug-likeness (QED) is 0.622. The molecule has 0 saturated carbocycles. The minimum atomic E-state index is -4.67. The fraction of sp³-hybridized carbons (Fsp3) is 0.182. The highest BCUT2D eigenvalue weighted by molar-refractivity contribution is 5.74. The zero-order chi connectivity index (χ0) is 14.2. The summed E-state index contributed by atoms with van der Waals surface area (Å²) in [6.45, 7) is 0. The number of benzene rings is 1. The second-order valence-corrected chi connectivity index (χ2v) is 3.73. The Morgan fingerprint density at radius 2 is 2.00 bits per heavy atom. The van der Waals surface area contributed by atoms with Crippen LogP contribution in [0.3, 0.4) is 0 Å². The number of hydrogen-bond acceptors (Lipinski definition) is 3. The van der Waals surface area contributed by atoms with Gasteiger partial charge < -0.3 is 0 Å². The van der Waals surface area contributed by atoms with Crippen LogP contribution in [0.25, 0.3) is 11.1 Å². The fourth-order valence-electron chi connectivity index (χ4n) is 1.75. The van der Waals surface area contributed by atoms with Crippen molar-refractivity contribution in [2.45, 2.75) is 6.18 Å². The number of halogens is 3. The lowest BCUT2D eigenvalue weighted by Gasteiger charge is -2.09. The van der Waals surface area contributed by atoms with Gasteiger partial charge in [-0.2, -0.15) is 18.3 Å². The highest BCUT2D eigenvalue weighted by atomic mass is 19.4. The second kappa shape index (κ2) is 4.38. The molecule has 5 nitrogen and oxygen atoms in total. The largest absolute Gasteiger partial charge is 0.433 e. The SMILES string of the molecule is Cn1n[c]c(-c2ccccc2[N+](=O)[O-])c1C(F)(F)F. The van der Waals surface area contributed by atoms with E-state index in [1.165, 1.54) is 18.2 Å². The predicted octanol–water partition coefficient (Wildman–Crippen LogP) is 2.81. The third kappa shape index (κ3) is 2.28. The summed E-state index contributed by atoms with van der Waals surface area (Å²) in [5, 5.41) is 14.3. The fourth-order valence-corrected chi connectivity index (χ4v) is 1.75. The van der Waals surface area contributed by atoms with Gasteiger partial charge in [-0.3, -0.25) is 14.8 Å². The van der Waals surface area contributed by atoms with Crippen LogP contribution in [0.15, 0.2) is 24.3 Å². The van der Waals surface area contributed by atoms with Crippen LogP contribution in [0.4, 0.5) is 18.9 Å². The number of aromatic nitrogens is 2. The Bertz CT molecular complexity index is 634. The first-order valence-electron chi connectivity index (χ1n) is 5.08. The maximum absolute atomic E-state index is 12.9. The van der Waals surface area contributed by atoms with Gasteiger partial charge in [0.25, 0.3) is 5.69 Å². The lowest BCUT2D eigenvalue weighted by Crippen LogP contribution is -2.13. The van der Waals surface area contributed by atoms with Crippen molar-refractivity contribution in [2.75, 3.05) is 0 Å². The van der Waals surface area contributed by atoms with Crippen molar-refractivity contribution < 1.29 is 18.1 Å². The molecule has 1 aromatic carbocycles. The first kappa shape index (κ1) is 13.1. The van der Waals surface area contributed by atoms with Gasteiger partial charge in [0.05, 0.1) is 10.5 Å². The van der Waals surface area contributed by atoms with Crippen molar-refractivity contribution in [3.05, 3.63) is 46.3 Å². The minimum Gasteiger partial charge on any atom is -0.262 e. The van der Waals surface area contributed by atoms with Crippen molar-refractivity contribution >= 4 is 5.69 Å². The van der Waals surface area contributed by atoms with E-state index in [0.717, 1.165) is 13.1 Å². The first-order valence-corrected chi connectivity index (χ1v) is 5.08. The van der Waals surface area contributed by atoms with Gasteiger partial charge in [-0.05, 0) is 6.07 Å². The van der Waals surface area contributed by atoms with Crippen molar-refractivity contribution in [1.82, 2.24) is 9.78 Å². The molecule has 0 aliphatic heterocycles. The van der Waals surface area contributed by atoms with Crippen LogP contribution < -0.4 is 0 Å². The summed E-state index contributed by atoms with van der Waals surface area (Å²) in [6, 6.07) is 5.17. The lowest BCUT2D eigenvalue weighted by atomic mass is 10.0. The molecule has 0 amide bonds. The Morgan fingerprint density at radius 3 is 2.58 bits per heavy atom. The van der Waals surface area contributed by atoms with Gasteiger partial charge in [-0.1, -0.05) is 12.1 Å². The third-order valence-electron chi connectivity index (χ3n) is 2.51. The Hall–Kier alpha value is -2.38. The summed E-state index contributed by atoms with van der Waals surface area (Å²) >= 11 is 0. The smallest absolute Gasteiger partial charge is 0.262 e. The van der Waals surface area contributed by atoms with Gasteiger partial charge in [-0.25, -0.2) is 0 Å². The summed E-state index contributed by atoms with van der Waals surface area (Å²) < 4.78 is 39.3. The van der Waals surface area contributed by atoms with Gasteiger partial charge in [-0.15, -0.1) is 0 Å². The monoisotopic (exact) mass is 270 g/mol. The van der Waals surface area contributed by atoms with Crippen LogP contribution in [0, 0.1) is 16.3 Å². The maximum atomic E-state index is 12.9. The molecule has 1 radical (unpaired) electrons. The van der Waals surface area contributed by atoms with E-state index in [4.69, 9.17) is 0 Å². The molecule has 1 heterocycles. The standard InChI is InChI=1S/C11H7F3N3O2/c1-16-10(11(12,13)14)8(6-15-16)7-4-2-3-5-9(7)17(18)19/h2-5H,1H3. The highest BCUT2D eigenvalue weighted by Crippen LogP contribution is 2.39. The van der Waals surface area contributed by atoms with E-state index in [1.54, 1.807) is 0 Å². The van der Waals surface area contributed by atoms with E-state index in [0.29, 0.717) is 4.68 Å². The number of nitrogens with zero attached hydrogens (tertiary/aromatic N) is 3. The molecule has 1 aromatic heterocycles. The topological polar surface area (TPSA) is 61.0 Å². The Kier molecular flexibility index (Phi) is 3.01. The average molecular weight is 270 g/mol. The van der Waals surface area contributed by atoms with Crippen LogP contribution in [0.5, 0.6) is 0 Å². The zero-order valence-corrected chi connectivity index (χ0v) is 9.60. The Morgan fingerprint density at radius 1 is 1.37 bits per heavy atom. The molecule has 0 atom stereocenters. The summed E-state index contributed by atoms with van der Waals surface area (Å²) in [4.78, 5) is 10.1.